The Balaban J connectivity index is 1.56. The van der Waals surface area contributed by atoms with Gasteiger partial charge in [-0.2, -0.15) is 5.10 Å². The topological polar surface area (TPSA) is 70.5 Å². The lowest BCUT2D eigenvalue weighted by molar-refractivity contribution is -0.136. The minimum Gasteiger partial charge on any atom is -0.341 e. The number of carbonyl (C=O) groups excluding carboxylic acids is 2. The summed E-state index contributed by atoms with van der Waals surface area (Å²) in [4.78, 5) is 28.7. The number of anilines is 1. The lowest BCUT2D eigenvalue weighted by atomic mass is 9.96. The number of urea groups is 1. The number of hydrogen-bond donors (Lipinski definition) is 1. The van der Waals surface area contributed by atoms with Gasteiger partial charge < -0.3 is 15.1 Å². The van der Waals surface area contributed by atoms with Crippen LogP contribution < -0.4 is 5.32 Å². The molecule has 1 unspecified atom stereocenters. The highest BCUT2D eigenvalue weighted by Gasteiger charge is 2.30. The molecular formula is C19H25N5O2. The molecule has 138 valence electrons. The zero-order chi connectivity index (χ0) is 18.5. The zero-order valence-electron chi connectivity index (χ0n) is 15.3. The molecule has 1 aliphatic heterocycles. The van der Waals surface area contributed by atoms with Crippen LogP contribution in [0.2, 0.25) is 0 Å². The van der Waals surface area contributed by atoms with Gasteiger partial charge in [0.25, 0.3) is 0 Å². The number of hydrogen-bond acceptors (Lipinski definition) is 3. The summed E-state index contributed by atoms with van der Waals surface area (Å²) in [5, 5.41) is 7.03. The second-order valence-electron chi connectivity index (χ2n) is 6.80. The SMILES string of the molecule is CN(Cc1cnn(C)c1)C(=O)C1CCCN(C(=O)Nc2ccccc2)C1. The van der Waals surface area contributed by atoms with Gasteiger partial charge in [0.1, 0.15) is 0 Å². The summed E-state index contributed by atoms with van der Waals surface area (Å²) in [6.45, 7) is 1.66. The van der Waals surface area contributed by atoms with Gasteiger partial charge in [-0.05, 0) is 25.0 Å². The molecule has 0 spiro atoms. The number of aromatic nitrogens is 2. The van der Waals surface area contributed by atoms with E-state index < -0.39 is 0 Å². The van der Waals surface area contributed by atoms with Crippen molar-refractivity contribution in [2.75, 3.05) is 25.5 Å². The molecule has 1 aliphatic rings. The first-order valence-electron chi connectivity index (χ1n) is 8.86. The fourth-order valence-corrected chi connectivity index (χ4v) is 3.30. The van der Waals surface area contributed by atoms with Crippen LogP contribution in [0.3, 0.4) is 0 Å². The van der Waals surface area contributed by atoms with E-state index in [1.807, 2.05) is 43.6 Å². The van der Waals surface area contributed by atoms with E-state index in [1.54, 1.807) is 27.7 Å². The Morgan fingerprint density at radius 3 is 2.77 bits per heavy atom. The Hall–Kier alpha value is -2.83. The Kier molecular flexibility index (Phi) is 5.55. The highest BCUT2D eigenvalue weighted by atomic mass is 16.2. The van der Waals surface area contributed by atoms with E-state index >= 15 is 0 Å². The van der Waals surface area contributed by atoms with Gasteiger partial charge in [0.2, 0.25) is 5.91 Å². The molecule has 1 N–H and O–H groups in total. The first-order valence-corrected chi connectivity index (χ1v) is 8.86. The van der Waals surface area contributed by atoms with Crippen molar-refractivity contribution < 1.29 is 9.59 Å². The van der Waals surface area contributed by atoms with Crippen molar-refractivity contribution in [1.29, 1.82) is 0 Å². The molecule has 0 bridgehead atoms. The molecule has 26 heavy (non-hydrogen) atoms. The van der Waals surface area contributed by atoms with Crippen LogP contribution in [0.4, 0.5) is 10.5 Å². The number of nitrogens with one attached hydrogen (secondary N) is 1. The molecule has 0 radical (unpaired) electrons. The summed E-state index contributed by atoms with van der Waals surface area (Å²) in [5.74, 6) is -0.0852. The molecule has 3 amide bonds. The second kappa shape index (κ2) is 8.03. The van der Waals surface area contributed by atoms with E-state index in [0.717, 1.165) is 24.1 Å². The maximum absolute atomic E-state index is 12.8. The van der Waals surface area contributed by atoms with Crippen LogP contribution in [0, 0.1) is 5.92 Å². The van der Waals surface area contributed by atoms with Crippen LogP contribution in [-0.2, 0) is 18.4 Å². The second-order valence-corrected chi connectivity index (χ2v) is 6.80. The molecule has 1 aromatic heterocycles. The van der Waals surface area contributed by atoms with Crippen LogP contribution >= 0.6 is 0 Å². The fraction of sp³-hybridized carbons (Fsp3) is 0.421. The highest BCUT2D eigenvalue weighted by molar-refractivity contribution is 5.90. The quantitative estimate of drug-likeness (QED) is 0.915. The van der Waals surface area contributed by atoms with Gasteiger partial charge in [0, 0.05) is 51.2 Å². The normalized spacial score (nSPS) is 17.0. The number of aryl methyl sites for hydroxylation is 1. The first kappa shape index (κ1) is 18.0. The van der Waals surface area contributed by atoms with E-state index in [1.165, 1.54) is 0 Å². The van der Waals surface area contributed by atoms with Crippen LogP contribution in [0.15, 0.2) is 42.7 Å². The first-order chi connectivity index (χ1) is 12.5. The molecule has 1 saturated heterocycles. The summed E-state index contributed by atoms with van der Waals surface area (Å²) >= 11 is 0. The van der Waals surface area contributed by atoms with E-state index in [9.17, 15) is 9.59 Å². The number of nitrogens with zero attached hydrogens (tertiary/aromatic N) is 4. The average Bonchev–Trinajstić information content (AvgIpc) is 3.06. The smallest absolute Gasteiger partial charge is 0.321 e. The molecule has 7 heteroatoms. The summed E-state index contributed by atoms with van der Waals surface area (Å²) in [5.41, 5.74) is 1.76. The van der Waals surface area contributed by atoms with Crippen molar-refractivity contribution in [2.45, 2.75) is 19.4 Å². The fourth-order valence-electron chi connectivity index (χ4n) is 3.30. The van der Waals surface area contributed by atoms with Gasteiger partial charge >= 0.3 is 6.03 Å². The average molecular weight is 355 g/mol. The molecule has 0 aliphatic carbocycles. The van der Waals surface area contributed by atoms with Gasteiger partial charge in [-0.1, -0.05) is 18.2 Å². The maximum atomic E-state index is 12.8. The van der Waals surface area contributed by atoms with Gasteiger partial charge in [0.15, 0.2) is 0 Å². The van der Waals surface area contributed by atoms with Gasteiger partial charge in [0.05, 0.1) is 12.1 Å². The Morgan fingerprint density at radius 1 is 1.31 bits per heavy atom. The van der Waals surface area contributed by atoms with E-state index in [-0.39, 0.29) is 17.9 Å². The van der Waals surface area contributed by atoms with E-state index in [2.05, 4.69) is 10.4 Å². The molecule has 1 aromatic carbocycles. The summed E-state index contributed by atoms with van der Waals surface area (Å²) in [6.07, 6.45) is 5.32. The third-order valence-corrected chi connectivity index (χ3v) is 4.64. The monoisotopic (exact) mass is 355 g/mol. The Bertz CT molecular complexity index is 758. The predicted octanol–water partition coefficient (Wildman–Crippen LogP) is 2.32. The van der Waals surface area contributed by atoms with Gasteiger partial charge in [-0.25, -0.2) is 4.79 Å². The van der Waals surface area contributed by atoms with Crippen molar-refractivity contribution in [1.82, 2.24) is 19.6 Å². The number of benzene rings is 1. The highest BCUT2D eigenvalue weighted by Crippen LogP contribution is 2.20. The van der Waals surface area contributed by atoms with Crippen molar-refractivity contribution >= 4 is 17.6 Å². The molecule has 7 nitrogen and oxygen atoms in total. The van der Waals surface area contributed by atoms with Crippen molar-refractivity contribution in [3.63, 3.8) is 0 Å². The number of piperidine rings is 1. The minimum absolute atomic E-state index is 0.0751. The number of carbonyl (C=O) groups is 2. The van der Waals surface area contributed by atoms with Crippen molar-refractivity contribution in [3.8, 4) is 0 Å². The zero-order valence-corrected chi connectivity index (χ0v) is 15.3. The number of likely N-dealkylation sites (tertiary alicyclic amines) is 1. The molecule has 2 heterocycles. The number of rotatable bonds is 4. The molecule has 1 atom stereocenters. The number of para-hydroxylation sites is 1. The Morgan fingerprint density at radius 2 is 2.08 bits per heavy atom. The molecule has 2 aromatic rings. The van der Waals surface area contributed by atoms with Crippen molar-refractivity contribution in [3.05, 3.63) is 48.3 Å². The minimum atomic E-state index is -0.160. The molecule has 1 fully saturated rings. The van der Waals surface area contributed by atoms with Crippen LogP contribution in [0.5, 0.6) is 0 Å². The summed E-state index contributed by atoms with van der Waals surface area (Å²) in [6, 6.07) is 9.22. The molecule has 0 saturated carbocycles. The standard InChI is InChI=1S/C19H25N5O2/c1-22(12-15-11-20-23(2)13-15)18(25)16-7-6-10-24(14-16)19(26)21-17-8-4-3-5-9-17/h3-5,8-9,11,13,16H,6-7,10,12,14H2,1-2H3,(H,21,26). The summed E-state index contributed by atoms with van der Waals surface area (Å²) < 4.78 is 1.73. The number of amides is 3. The Labute approximate surface area is 153 Å². The summed E-state index contributed by atoms with van der Waals surface area (Å²) in [7, 11) is 3.66. The third kappa shape index (κ3) is 4.41. The van der Waals surface area contributed by atoms with Crippen LogP contribution in [0.1, 0.15) is 18.4 Å². The maximum Gasteiger partial charge on any atom is 0.321 e. The van der Waals surface area contributed by atoms with Crippen LogP contribution in [-0.4, -0.2) is 51.7 Å². The molecule has 3 rings (SSSR count). The van der Waals surface area contributed by atoms with Crippen LogP contribution in [0.25, 0.3) is 0 Å². The largest absolute Gasteiger partial charge is 0.341 e. The van der Waals surface area contributed by atoms with Crippen molar-refractivity contribution in [2.24, 2.45) is 13.0 Å². The molecular weight excluding hydrogens is 330 g/mol. The van der Waals surface area contributed by atoms with E-state index in [0.29, 0.717) is 19.6 Å². The predicted molar refractivity (Wildman–Crippen MR) is 99.4 cm³/mol. The third-order valence-electron chi connectivity index (χ3n) is 4.64. The lowest BCUT2D eigenvalue weighted by Crippen LogP contribution is -2.47. The van der Waals surface area contributed by atoms with Gasteiger partial charge in [-0.15, -0.1) is 0 Å². The lowest BCUT2D eigenvalue weighted by Gasteiger charge is -2.34. The van der Waals surface area contributed by atoms with Gasteiger partial charge in [-0.3, -0.25) is 9.48 Å². The van der Waals surface area contributed by atoms with E-state index in [4.69, 9.17) is 0 Å².